The quantitative estimate of drug-likeness (QED) is 0.727. The highest BCUT2D eigenvalue weighted by Gasteiger charge is 2.40. The molecule has 1 heterocycles. The number of rotatable bonds is 6. The second kappa shape index (κ2) is 7.86. The van der Waals surface area contributed by atoms with Gasteiger partial charge in [-0.3, -0.25) is 14.4 Å². The van der Waals surface area contributed by atoms with Crippen LogP contribution in [0.1, 0.15) is 44.1 Å². The Morgan fingerprint density at radius 3 is 2.41 bits per heavy atom. The van der Waals surface area contributed by atoms with Crippen LogP contribution in [-0.4, -0.2) is 36.6 Å². The fourth-order valence-corrected chi connectivity index (χ4v) is 3.68. The van der Waals surface area contributed by atoms with Crippen LogP contribution < -0.4 is 9.47 Å². The summed E-state index contributed by atoms with van der Waals surface area (Å²) in [5, 5.41) is 0.842. The topological polar surface area (TPSA) is 82.6 Å². The third-order valence-electron chi connectivity index (χ3n) is 5.01. The Morgan fingerprint density at radius 1 is 1.11 bits per heavy atom. The normalized spacial score (nSPS) is 20.0. The van der Waals surface area contributed by atoms with E-state index < -0.39 is 5.92 Å². The van der Waals surface area contributed by atoms with Crippen LogP contribution in [0.4, 0.5) is 0 Å². The van der Waals surface area contributed by atoms with Gasteiger partial charge in [0.1, 0.15) is 11.7 Å². The molecule has 2 aromatic rings. The fourth-order valence-electron chi connectivity index (χ4n) is 3.68. The van der Waals surface area contributed by atoms with Gasteiger partial charge in [-0.25, -0.2) is 4.98 Å². The van der Waals surface area contributed by atoms with Crippen LogP contribution in [0.3, 0.4) is 0 Å². The highest BCUT2D eigenvalue weighted by molar-refractivity contribution is 6.21. The van der Waals surface area contributed by atoms with Crippen LogP contribution in [0.5, 0.6) is 11.6 Å². The average Bonchev–Trinajstić information content (AvgIpc) is 2.66. The predicted octanol–water partition coefficient (Wildman–Crippen LogP) is 3.25. The van der Waals surface area contributed by atoms with Gasteiger partial charge in [0.05, 0.1) is 19.7 Å². The first-order valence-electron chi connectivity index (χ1n) is 9.09. The summed E-state index contributed by atoms with van der Waals surface area (Å²) in [6, 6.07) is 7.39. The largest absolute Gasteiger partial charge is 0.497 e. The van der Waals surface area contributed by atoms with Gasteiger partial charge in [-0.2, -0.15) is 0 Å². The molecule has 0 spiro atoms. The van der Waals surface area contributed by atoms with Gasteiger partial charge in [-0.1, -0.05) is 6.92 Å². The van der Waals surface area contributed by atoms with E-state index in [1.165, 1.54) is 7.11 Å². The summed E-state index contributed by atoms with van der Waals surface area (Å²) < 4.78 is 10.7. The number of Topliss-reactive ketones (excluding diaryl/α,β-unsaturated/α-hetero) is 3. The summed E-state index contributed by atoms with van der Waals surface area (Å²) in [7, 11) is 3.10. The van der Waals surface area contributed by atoms with Gasteiger partial charge in [0.25, 0.3) is 0 Å². The minimum absolute atomic E-state index is 0.138. The molecule has 142 valence electrons. The molecular formula is C21H23NO5. The van der Waals surface area contributed by atoms with Crippen molar-refractivity contribution in [1.29, 1.82) is 0 Å². The first kappa shape index (κ1) is 19.0. The molecule has 27 heavy (non-hydrogen) atoms. The summed E-state index contributed by atoms with van der Waals surface area (Å²) in [6.07, 6.45) is 1.16. The Bertz CT molecular complexity index is 887. The molecule has 1 saturated carbocycles. The first-order valence-corrected chi connectivity index (χ1v) is 9.09. The summed E-state index contributed by atoms with van der Waals surface area (Å²) in [4.78, 5) is 41.7. The number of hydrogen-bond acceptors (Lipinski definition) is 6. The predicted molar refractivity (Wildman–Crippen MR) is 100 cm³/mol. The molecule has 6 heteroatoms. The number of benzene rings is 1. The van der Waals surface area contributed by atoms with Crippen molar-refractivity contribution >= 4 is 28.3 Å². The second-order valence-corrected chi connectivity index (χ2v) is 6.83. The number of ketones is 3. The van der Waals surface area contributed by atoms with Gasteiger partial charge < -0.3 is 9.47 Å². The highest BCUT2D eigenvalue weighted by Crippen LogP contribution is 2.38. The average molecular weight is 369 g/mol. The first-order chi connectivity index (χ1) is 13.0. The van der Waals surface area contributed by atoms with Crippen molar-refractivity contribution in [2.75, 3.05) is 14.2 Å². The lowest BCUT2D eigenvalue weighted by atomic mass is 9.75. The van der Waals surface area contributed by atoms with E-state index in [0.29, 0.717) is 23.6 Å². The minimum Gasteiger partial charge on any atom is -0.497 e. The maximum Gasteiger partial charge on any atom is 0.217 e. The number of carbonyl (C=O) groups excluding carboxylic acids is 3. The Labute approximate surface area is 157 Å². The van der Waals surface area contributed by atoms with Crippen molar-refractivity contribution in [3.8, 4) is 11.6 Å². The Hall–Kier alpha value is -2.76. The van der Waals surface area contributed by atoms with Gasteiger partial charge in [0, 0.05) is 36.1 Å². The Balaban J connectivity index is 1.96. The molecule has 0 saturated heterocycles. The lowest BCUT2D eigenvalue weighted by molar-refractivity contribution is -0.142. The van der Waals surface area contributed by atoms with E-state index in [1.807, 2.05) is 31.2 Å². The molecule has 0 bridgehead atoms. The number of fused-ring (bicyclic) bond motifs is 1. The molecule has 0 radical (unpaired) electrons. The number of ether oxygens (including phenoxy) is 2. The highest BCUT2D eigenvalue weighted by atomic mass is 16.5. The van der Waals surface area contributed by atoms with E-state index in [4.69, 9.17) is 9.47 Å². The van der Waals surface area contributed by atoms with E-state index in [1.54, 1.807) is 7.11 Å². The monoisotopic (exact) mass is 369 g/mol. The molecule has 0 unspecified atom stereocenters. The summed E-state index contributed by atoms with van der Waals surface area (Å²) >= 11 is 0. The molecule has 6 nitrogen and oxygen atoms in total. The molecule has 0 atom stereocenters. The van der Waals surface area contributed by atoms with E-state index >= 15 is 0 Å². The summed E-state index contributed by atoms with van der Waals surface area (Å²) in [5.74, 6) is -1.21. The molecule has 3 rings (SSSR count). The van der Waals surface area contributed by atoms with Crippen LogP contribution in [0.2, 0.25) is 0 Å². The molecule has 0 aliphatic heterocycles. The maximum absolute atomic E-state index is 12.5. The SMILES string of the molecule is CCCC(=O)C1C(=O)CC(c2cc3cc(OC)ccc3nc2OC)CC1=O. The van der Waals surface area contributed by atoms with Crippen LogP contribution >= 0.6 is 0 Å². The van der Waals surface area contributed by atoms with E-state index in [2.05, 4.69) is 4.98 Å². The molecule has 1 aliphatic rings. The molecule has 0 amide bonds. The smallest absolute Gasteiger partial charge is 0.217 e. The van der Waals surface area contributed by atoms with Crippen molar-refractivity contribution in [1.82, 2.24) is 4.98 Å². The standard InChI is InChI=1S/C21H23NO5/c1-4-5-17(23)20-18(24)10-12(11-19(20)25)15-9-13-8-14(26-2)6-7-16(13)22-21(15)27-3/h6-9,12,20H,4-5,10-11H2,1-3H3. The van der Waals surface area contributed by atoms with Crippen molar-refractivity contribution in [3.63, 3.8) is 0 Å². The third-order valence-corrected chi connectivity index (χ3v) is 5.01. The fraction of sp³-hybridized carbons (Fsp3) is 0.429. The van der Waals surface area contributed by atoms with E-state index in [0.717, 1.165) is 10.9 Å². The van der Waals surface area contributed by atoms with Gasteiger partial charge in [-0.15, -0.1) is 0 Å². The number of hydrogen-bond donors (Lipinski definition) is 0. The van der Waals surface area contributed by atoms with Crippen molar-refractivity contribution in [2.45, 2.75) is 38.5 Å². The van der Waals surface area contributed by atoms with Gasteiger partial charge >= 0.3 is 0 Å². The van der Waals surface area contributed by atoms with Crippen LogP contribution in [-0.2, 0) is 14.4 Å². The lowest BCUT2D eigenvalue weighted by Crippen LogP contribution is -2.38. The summed E-state index contributed by atoms with van der Waals surface area (Å²) in [5.41, 5.74) is 1.45. The number of pyridine rings is 1. The second-order valence-electron chi connectivity index (χ2n) is 6.83. The third kappa shape index (κ3) is 3.70. The van der Waals surface area contributed by atoms with Crippen LogP contribution in [0.25, 0.3) is 10.9 Å². The lowest BCUT2D eigenvalue weighted by Gasteiger charge is -2.26. The number of nitrogens with zero attached hydrogens (tertiary/aromatic N) is 1. The minimum atomic E-state index is -1.10. The molecule has 0 N–H and O–H groups in total. The summed E-state index contributed by atoms with van der Waals surface area (Å²) in [6.45, 7) is 1.86. The zero-order chi connectivity index (χ0) is 19.6. The number of methoxy groups -OCH3 is 2. The van der Waals surface area contributed by atoms with Crippen molar-refractivity contribution in [3.05, 3.63) is 29.8 Å². The van der Waals surface area contributed by atoms with Gasteiger partial charge in [0.15, 0.2) is 17.3 Å². The van der Waals surface area contributed by atoms with Crippen LogP contribution in [0.15, 0.2) is 24.3 Å². The Morgan fingerprint density at radius 2 is 1.81 bits per heavy atom. The molecule has 1 aromatic carbocycles. The maximum atomic E-state index is 12.5. The molecular weight excluding hydrogens is 346 g/mol. The van der Waals surface area contributed by atoms with E-state index in [9.17, 15) is 14.4 Å². The number of carbonyl (C=O) groups is 3. The van der Waals surface area contributed by atoms with Gasteiger partial charge in [-0.05, 0) is 30.7 Å². The Kier molecular flexibility index (Phi) is 5.54. The van der Waals surface area contributed by atoms with Crippen molar-refractivity contribution < 1.29 is 23.9 Å². The zero-order valence-electron chi connectivity index (χ0n) is 15.8. The van der Waals surface area contributed by atoms with E-state index in [-0.39, 0.29) is 42.5 Å². The molecule has 1 aliphatic carbocycles. The number of aromatic nitrogens is 1. The van der Waals surface area contributed by atoms with Gasteiger partial charge in [0.2, 0.25) is 5.88 Å². The van der Waals surface area contributed by atoms with Crippen LogP contribution in [0, 0.1) is 5.92 Å². The molecule has 1 aromatic heterocycles. The zero-order valence-corrected chi connectivity index (χ0v) is 15.8. The molecule has 1 fully saturated rings. The van der Waals surface area contributed by atoms with Crippen molar-refractivity contribution in [2.24, 2.45) is 5.92 Å².